The predicted octanol–water partition coefficient (Wildman–Crippen LogP) is 6.59. The van der Waals surface area contributed by atoms with Crippen molar-refractivity contribution in [3.63, 3.8) is 0 Å². The van der Waals surface area contributed by atoms with Crippen LogP contribution >= 0.6 is 11.8 Å². The molecule has 0 bridgehead atoms. The maximum atomic E-state index is 13.2. The number of aliphatic hydroxyl groups is 1. The monoisotopic (exact) mass is 452 g/mol. The molecule has 1 fully saturated rings. The molecule has 0 saturated heterocycles. The summed E-state index contributed by atoms with van der Waals surface area (Å²) in [5.41, 5.74) is 2.62. The number of esters is 1. The molecule has 4 nitrogen and oxygen atoms in total. The van der Waals surface area contributed by atoms with Gasteiger partial charge in [0.05, 0.1) is 0 Å². The quantitative estimate of drug-likeness (QED) is 0.484. The first-order valence-corrected chi connectivity index (χ1v) is 12.1. The van der Waals surface area contributed by atoms with Crippen molar-refractivity contribution in [2.75, 3.05) is 0 Å². The predicted molar refractivity (Wildman–Crippen MR) is 128 cm³/mol. The summed E-state index contributed by atoms with van der Waals surface area (Å²) in [5, 5.41) is 20.6. The highest BCUT2D eigenvalue weighted by Crippen LogP contribution is 2.52. The third-order valence-corrected chi connectivity index (χ3v) is 7.63. The molecule has 1 aliphatic carbocycles. The first-order valence-electron chi connectivity index (χ1n) is 11.3. The molecule has 2 N–H and O–H groups in total. The maximum absolute atomic E-state index is 13.2. The van der Waals surface area contributed by atoms with Crippen molar-refractivity contribution in [2.45, 2.75) is 75.7 Å². The fourth-order valence-electron chi connectivity index (χ4n) is 4.49. The van der Waals surface area contributed by atoms with E-state index in [2.05, 4.69) is 39.0 Å². The van der Waals surface area contributed by atoms with Gasteiger partial charge in [-0.3, -0.25) is 0 Å². The zero-order valence-corrected chi connectivity index (χ0v) is 20.1. The van der Waals surface area contributed by atoms with Gasteiger partial charge in [-0.2, -0.15) is 0 Å². The first kappa shape index (κ1) is 22.8. The Morgan fingerprint density at radius 1 is 1.09 bits per heavy atom. The van der Waals surface area contributed by atoms with Crippen LogP contribution in [-0.4, -0.2) is 21.8 Å². The molecule has 2 aromatic carbocycles. The van der Waals surface area contributed by atoms with E-state index >= 15 is 0 Å². The van der Waals surface area contributed by atoms with E-state index in [1.54, 1.807) is 12.1 Å². The minimum absolute atomic E-state index is 0.0767. The Bertz CT molecular complexity index is 1040. The van der Waals surface area contributed by atoms with Crippen LogP contribution in [0.3, 0.4) is 0 Å². The highest BCUT2D eigenvalue weighted by atomic mass is 32.2. The summed E-state index contributed by atoms with van der Waals surface area (Å²) in [6, 6.07) is 13.4. The molecule has 1 heterocycles. The van der Waals surface area contributed by atoms with Gasteiger partial charge in [0.25, 0.3) is 0 Å². The third-order valence-electron chi connectivity index (χ3n) is 6.46. The topological polar surface area (TPSA) is 66.8 Å². The molecule has 4 rings (SSSR count). The Kier molecular flexibility index (Phi) is 6.06. The van der Waals surface area contributed by atoms with Gasteiger partial charge in [0.1, 0.15) is 22.0 Å². The molecule has 2 aromatic rings. The van der Waals surface area contributed by atoms with Crippen LogP contribution in [0.15, 0.2) is 58.0 Å². The number of aromatic hydroxyl groups is 1. The van der Waals surface area contributed by atoms with Gasteiger partial charge in [0, 0.05) is 11.3 Å². The lowest BCUT2D eigenvalue weighted by molar-refractivity contribution is -0.161. The molecule has 1 saturated carbocycles. The van der Waals surface area contributed by atoms with Gasteiger partial charge < -0.3 is 14.9 Å². The smallest absolute Gasteiger partial charge is 0.349 e. The minimum Gasteiger partial charge on any atom is -0.511 e. The van der Waals surface area contributed by atoms with E-state index in [0.717, 1.165) is 40.8 Å². The van der Waals surface area contributed by atoms with E-state index < -0.39 is 11.6 Å². The molecule has 170 valence electrons. The van der Waals surface area contributed by atoms with E-state index in [0.29, 0.717) is 23.7 Å². The van der Waals surface area contributed by atoms with Crippen molar-refractivity contribution in [1.82, 2.24) is 0 Å². The minimum atomic E-state index is -0.650. The number of carbonyl (C=O) groups is 1. The molecule has 1 unspecified atom stereocenters. The number of benzene rings is 2. The summed E-state index contributed by atoms with van der Waals surface area (Å²) in [5.74, 6) is 0.257. The molecule has 0 radical (unpaired) electrons. The second-order valence-electron chi connectivity index (χ2n) is 10.2. The number of cyclic esters (lactones) is 1. The SMILES string of the molecule is Cc1ccc(C(C)(C)C)c(SC2=C(O)CC(CCc3ccc(O)cc3)(C3CC3)OC2=O)c1. The highest BCUT2D eigenvalue weighted by molar-refractivity contribution is 8.04. The van der Waals surface area contributed by atoms with Crippen LogP contribution in [0.25, 0.3) is 0 Å². The maximum Gasteiger partial charge on any atom is 0.349 e. The number of hydrogen-bond donors (Lipinski definition) is 2. The molecular formula is C27H32O4S. The lowest BCUT2D eigenvalue weighted by atomic mass is 9.84. The Labute approximate surface area is 194 Å². The number of ether oxygens (including phenoxy) is 1. The number of aryl methyl sites for hydroxylation is 2. The van der Waals surface area contributed by atoms with Crippen molar-refractivity contribution in [3.8, 4) is 5.75 Å². The average molecular weight is 453 g/mol. The second kappa shape index (κ2) is 8.51. The van der Waals surface area contributed by atoms with Crippen LogP contribution < -0.4 is 0 Å². The number of aliphatic hydroxyl groups excluding tert-OH is 1. The molecule has 0 spiro atoms. The van der Waals surface area contributed by atoms with Crippen molar-refractivity contribution >= 4 is 17.7 Å². The first-order chi connectivity index (χ1) is 15.1. The van der Waals surface area contributed by atoms with E-state index in [4.69, 9.17) is 4.74 Å². The third kappa shape index (κ3) is 4.83. The molecule has 0 amide bonds. The van der Waals surface area contributed by atoms with Crippen molar-refractivity contribution < 1.29 is 19.7 Å². The van der Waals surface area contributed by atoms with E-state index in [9.17, 15) is 15.0 Å². The zero-order valence-electron chi connectivity index (χ0n) is 19.3. The van der Waals surface area contributed by atoms with Crippen LogP contribution in [0.2, 0.25) is 0 Å². The zero-order chi connectivity index (χ0) is 23.1. The largest absolute Gasteiger partial charge is 0.511 e. The van der Waals surface area contributed by atoms with Gasteiger partial charge in [0.2, 0.25) is 0 Å². The van der Waals surface area contributed by atoms with Crippen LogP contribution in [0, 0.1) is 12.8 Å². The summed E-state index contributed by atoms with van der Waals surface area (Å²) in [4.78, 5) is 14.5. The normalized spacial score (nSPS) is 21.6. The highest BCUT2D eigenvalue weighted by Gasteiger charge is 2.52. The molecule has 5 heteroatoms. The van der Waals surface area contributed by atoms with Gasteiger partial charge in [-0.25, -0.2) is 4.79 Å². The van der Waals surface area contributed by atoms with E-state index in [1.165, 1.54) is 11.8 Å². The summed E-state index contributed by atoms with van der Waals surface area (Å²) in [7, 11) is 0. The van der Waals surface area contributed by atoms with Gasteiger partial charge in [-0.15, -0.1) is 0 Å². The van der Waals surface area contributed by atoms with Gasteiger partial charge >= 0.3 is 5.97 Å². The molecular weight excluding hydrogens is 420 g/mol. The van der Waals surface area contributed by atoms with E-state index in [-0.39, 0.29) is 16.9 Å². The van der Waals surface area contributed by atoms with Crippen LogP contribution in [0.5, 0.6) is 5.75 Å². The molecule has 0 aromatic heterocycles. The fourth-order valence-corrected chi connectivity index (χ4v) is 5.76. The van der Waals surface area contributed by atoms with Crippen LogP contribution in [0.4, 0.5) is 0 Å². The Morgan fingerprint density at radius 3 is 2.38 bits per heavy atom. The van der Waals surface area contributed by atoms with Crippen molar-refractivity contribution in [1.29, 1.82) is 0 Å². The molecule has 32 heavy (non-hydrogen) atoms. The van der Waals surface area contributed by atoms with E-state index in [1.807, 2.05) is 19.1 Å². The average Bonchev–Trinajstić information content (AvgIpc) is 3.55. The fraction of sp³-hybridized carbons (Fsp3) is 0.444. The standard InChI is InChI=1S/C27H32O4S/c1-17-5-12-21(26(2,3)4)23(15-17)32-24-22(29)16-27(19-8-9-19,31-25(24)30)14-13-18-6-10-20(28)11-7-18/h5-7,10-12,15,19,28-29H,8-9,13-14,16H2,1-4H3. The number of thioether (sulfide) groups is 1. The summed E-state index contributed by atoms with van der Waals surface area (Å²) in [6.07, 6.45) is 3.79. The Balaban J connectivity index is 1.58. The number of phenolic OH excluding ortho intramolecular Hbond substituents is 1. The van der Waals surface area contributed by atoms with Crippen LogP contribution in [0.1, 0.15) is 63.1 Å². The summed E-state index contributed by atoms with van der Waals surface area (Å²) >= 11 is 1.32. The number of rotatable bonds is 6. The number of hydrogen-bond acceptors (Lipinski definition) is 5. The lowest BCUT2D eigenvalue weighted by Crippen LogP contribution is -2.42. The van der Waals surface area contributed by atoms with Gasteiger partial charge in [0.15, 0.2) is 0 Å². The van der Waals surface area contributed by atoms with Crippen molar-refractivity contribution in [3.05, 3.63) is 69.8 Å². The molecule has 1 aliphatic heterocycles. The molecule has 1 atom stereocenters. The number of phenols is 1. The Morgan fingerprint density at radius 2 is 1.78 bits per heavy atom. The van der Waals surface area contributed by atoms with Crippen molar-refractivity contribution in [2.24, 2.45) is 5.92 Å². The van der Waals surface area contributed by atoms with Gasteiger partial charge in [-0.1, -0.05) is 56.8 Å². The Hall–Kier alpha value is -2.40. The van der Waals surface area contributed by atoms with Crippen LogP contribution in [-0.2, 0) is 21.4 Å². The summed E-state index contributed by atoms with van der Waals surface area (Å²) in [6.45, 7) is 8.48. The summed E-state index contributed by atoms with van der Waals surface area (Å²) < 4.78 is 6.13. The number of carbonyl (C=O) groups excluding carboxylic acids is 1. The lowest BCUT2D eigenvalue weighted by Gasteiger charge is -2.37. The van der Waals surface area contributed by atoms with Gasteiger partial charge in [-0.05, 0) is 78.8 Å². The molecule has 2 aliphatic rings. The second-order valence-corrected chi connectivity index (χ2v) is 11.3.